The van der Waals surface area contributed by atoms with Crippen molar-refractivity contribution < 1.29 is 41.8 Å². The molecule has 4 heterocycles. The average molecular weight is 731 g/mol. The highest BCUT2D eigenvalue weighted by Crippen LogP contribution is 2.47. The number of hydrogen-bond donors (Lipinski definition) is 1. The summed E-state index contributed by atoms with van der Waals surface area (Å²) >= 11 is 0. The normalized spacial score (nSPS) is 26.6. The Hall–Kier alpha value is -3.87. The van der Waals surface area contributed by atoms with Gasteiger partial charge in [-0.05, 0) is 67.0 Å². The number of alkyl halides is 4. The van der Waals surface area contributed by atoms with Gasteiger partial charge in [-0.1, -0.05) is 38.5 Å². The summed E-state index contributed by atoms with van der Waals surface area (Å²) in [6.45, 7) is 6.29. The number of piperidine rings is 2. The number of carbonyl (C=O) groups excluding carboxylic acids is 2. The van der Waals surface area contributed by atoms with Gasteiger partial charge in [-0.25, -0.2) is 4.39 Å². The summed E-state index contributed by atoms with van der Waals surface area (Å²) in [7, 11) is 1.55. The van der Waals surface area contributed by atoms with Crippen molar-refractivity contribution in [3.05, 3.63) is 59.2 Å². The minimum Gasteiger partial charge on any atom is -0.497 e. The molecule has 4 fully saturated rings. The van der Waals surface area contributed by atoms with Crippen LogP contribution >= 0.6 is 0 Å². The van der Waals surface area contributed by atoms with E-state index in [-0.39, 0.29) is 43.4 Å². The molecule has 2 aromatic rings. The van der Waals surface area contributed by atoms with E-state index >= 15 is 4.39 Å². The predicted octanol–water partition coefficient (Wildman–Crippen LogP) is 6.18. The summed E-state index contributed by atoms with van der Waals surface area (Å²) in [6, 6.07) is 10.9. The van der Waals surface area contributed by atoms with Crippen LogP contribution in [0, 0.1) is 11.8 Å². The number of carboxylic acid groups (broad SMARTS) is 1. The molecule has 2 amide bonds. The fraction of sp³-hybridized carbons (Fsp3) is 0.615. The Balaban J connectivity index is 1.28. The number of methoxy groups -OCH3 is 1. The van der Waals surface area contributed by atoms with Crippen molar-refractivity contribution in [1.29, 1.82) is 0 Å². The van der Waals surface area contributed by atoms with Gasteiger partial charge in [-0.15, -0.1) is 0 Å². The first kappa shape index (κ1) is 37.9. The molecule has 0 radical (unpaired) electrons. The van der Waals surface area contributed by atoms with Gasteiger partial charge in [0, 0.05) is 82.3 Å². The van der Waals surface area contributed by atoms with Crippen LogP contribution in [0.25, 0.3) is 0 Å². The van der Waals surface area contributed by atoms with Crippen LogP contribution in [-0.4, -0.2) is 109 Å². The van der Waals surface area contributed by atoms with E-state index in [1.165, 1.54) is 6.07 Å². The molecular weight excluding hydrogens is 680 g/mol. The zero-order chi connectivity index (χ0) is 37.4. The highest BCUT2D eigenvalue weighted by atomic mass is 19.4. The maximum absolute atomic E-state index is 17.9. The smallest absolute Gasteiger partial charge is 0.416 e. The summed E-state index contributed by atoms with van der Waals surface area (Å²) in [6.07, 6.45) is -1.48. The minimum absolute atomic E-state index is 0.0155. The average Bonchev–Trinajstić information content (AvgIpc) is 3.75. The van der Waals surface area contributed by atoms with E-state index in [2.05, 4.69) is 4.90 Å². The fourth-order valence-corrected chi connectivity index (χ4v) is 8.99. The van der Waals surface area contributed by atoms with Gasteiger partial charge in [0.25, 0.3) is 5.91 Å². The number of aliphatic carboxylic acids is 1. The van der Waals surface area contributed by atoms with Gasteiger partial charge < -0.3 is 24.5 Å². The Morgan fingerprint density at radius 3 is 2.15 bits per heavy atom. The molecule has 284 valence electrons. The maximum Gasteiger partial charge on any atom is 0.416 e. The van der Waals surface area contributed by atoms with Crippen LogP contribution in [0.2, 0.25) is 0 Å². The van der Waals surface area contributed by atoms with E-state index < -0.39 is 41.1 Å². The maximum atomic E-state index is 17.9. The molecule has 13 heteroatoms. The number of halogens is 4. The highest BCUT2D eigenvalue weighted by molar-refractivity contribution is 5.88. The molecule has 4 saturated heterocycles. The van der Waals surface area contributed by atoms with Crippen molar-refractivity contribution >= 4 is 23.5 Å². The summed E-state index contributed by atoms with van der Waals surface area (Å²) in [5, 5.41) is 9.52. The zero-order valence-electron chi connectivity index (χ0n) is 30.2. The Morgan fingerprint density at radius 1 is 0.904 bits per heavy atom. The van der Waals surface area contributed by atoms with Crippen molar-refractivity contribution in [2.24, 2.45) is 11.8 Å². The van der Waals surface area contributed by atoms with Crippen LogP contribution in [-0.2, 0) is 20.6 Å². The van der Waals surface area contributed by atoms with E-state index in [1.807, 2.05) is 23.6 Å². The number of benzene rings is 2. The van der Waals surface area contributed by atoms with Crippen LogP contribution in [0.1, 0.15) is 80.9 Å². The topological polar surface area (TPSA) is 93.6 Å². The van der Waals surface area contributed by atoms with Crippen molar-refractivity contribution in [3.8, 4) is 5.75 Å². The number of carboxylic acids is 1. The molecule has 4 atom stereocenters. The van der Waals surface area contributed by atoms with Gasteiger partial charge in [0.2, 0.25) is 11.6 Å². The Bertz CT molecular complexity index is 1610. The summed E-state index contributed by atoms with van der Waals surface area (Å²) in [4.78, 5) is 45.9. The molecule has 6 rings (SSSR count). The summed E-state index contributed by atoms with van der Waals surface area (Å²) in [5.41, 5.74) is -1.27. The summed E-state index contributed by atoms with van der Waals surface area (Å²) < 4.78 is 65.1. The van der Waals surface area contributed by atoms with Crippen molar-refractivity contribution in [2.45, 2.75) is 82.1 Å². The van der Waals surface area contributed by atoms with Gasteiger partial charge in [-0.2, -0.15) is 13.2 Å². The van der Waals surface area contributed by atoms with Gasteiger partial charge in [-0.3, -0.25) is 19.3 Å². The number of carbonyl (C=O) groups is 3. The molecule has 0 saturated carbocycles. The Kier molecular flexibility index (Phi) is 11.1. The number of anilines is 1. The molecule has 0 spiro atoms. The first-order valence-corrected chi connectivity index (χ1v) is 18.6. The van der Waals surface area contributed by atoms with Crippen LogP contribution < -0.4 is 9.64 Å². The van der Waals surface area contributed by atoms with Gasteiger partial charge in [0.05, 0.1) is 18.6 Å². The molecular formula is C39H50F4N4O5. The monoisotopic (exact) mass is 730 g/mol. The second kappa shape index (κ2) is 15.2. The molecule has 0 aromatic heterocycles. The quantitative estimate of drug-likeness (QED) is 0.309. The van der Waals surface area contributed by atoms with Crippen LogP contribution in [0.3, 0.4) is 0 Å². The second-order valence-corrected chi connectivity index (χ2v) is 14.9. The highest BCUT2D eigenvalue weighted by Gasteiger charge is 2.57. The van der Waals surface area contributed by atoms with Crippen LogP contribution in [0.5, 0.6) is 5.75 Å². The number of hydrogen-bond acceptors (Lipinski definition) is 6. The molecule has 1 N–H and O–H groups in total. The fourth-order valence-electron chi connectivity index (χ4n) is 8.99. The van der Waals surface area contributed by atoms with Crippen molar-refractivity contribution in [1.82, 2.24) is 14.7 Å². The molecule has 4 aliphatic heterocycles. The second-order valence-electron chi connectivity index (χ2n) is 14.9. The van der Waals surface area contributed by atoms with Crippen molar-refractivity contribution in [3.63, 3.8) is 0 Å². The third-order valence-electron chi connectivity index (χ3n) is 12.1. The largest absolute Gasteiger partial charge is 0.497 e. The van der Waals surface area contributed by atoms with Gasteiger partial charge >= 0.3 is 12.1 Å². The molecule has 2 aromatic carbocycles. The number of amides is 2. The summed E-state index contributed by atoms with van der Waals surface area (Å²) in [5.74, 6) is -2.54. The Labute approximate surface area is 302 Å². The van der Waals surface area contributed by atoms with E-state index in [0.717, 1.165) is 12.1 Å². The lowest BCUT2D eigenvalue weighted by molar-refractivity contribution is -0.143. The van der Waals surface area contributed by atoms with Gasteiger partial charge in [0.15, 0.2) is 0 Å². The van der Waals surface area contributed by atoms with E-state index in [1.54, 1.807) is 36.3 Å². The van der Waals surface area contributed by atoms with Gasteiger partial charge in [0.1, 0.15) is 5.75 Å². The minimum atomic E-state index is -4.57. The number of rotatable bonds is 9. The lowest BCUT2D eigenvalue weighted by atomic mass is 9.84. The SMILES string of the molecule is CCC(=O)N1CCC(N2C[C@@H](c3ccc(OC)cc3)[C@](F)(C(=O)N3C[C@H](CC)[C@@H](c4ccc(C(F)(F)F)cc4N4CCC(C(=O)O)CC4)C3)C2)CC1. The first-order valence-electron chi connectivity index (χ1n) is 18.6. The lowest BCUT2D eigenvalue weighted by Gasteiger charge is -2.37. The third kappa shape index (κ3) is 7.47. The number of nitrogens with zero attached hydrogens (tertiary/aromatic N) is 4. The van der Waals surface area contributed by atoms with E-state index in [0.29, 0.717) is 93.8 Å². The van der Waals surface area contributed by atoms with E-state index in [9.17, 15) is 32.7 Å². The lowest BCUT2D eigenvalue weighted by Crippen LogP contribution is -2.51. The third-order valence-corrected chi connectivity index (χ3v) is 12.1. The molecule has 52 heavy (non-hydrogen) atoms. The number of ether oxygens (including phenoxy) is 1. The zero-order valence-corrected chi connectivity index (χ0v) is 30.2. The predicted molar refractivity (Wildman–Crippen MR) is 188 cm³/mol. The first-order chi connectivity index (χ1) is 24.8. The Morgan fingerprint density at radius 2 is 1.58 bits per heavy atom. The number of likely N-dealkylation sites (tertiary alicyclic amines) is 3. The molecule has 0 aliphatic carbocycles. The molecule has 9 nitrogen and oxygen atoms in total. The van der Waals surface area contributed by atoms with Crippen molar-refractivity contribution in [2.75, 3.05) is 64.4 Å². The van der Waals surface area contributed by atoms with Crippen LogP contribution in [0.15, 0.2) is 42.5 Å². The van der Waals surface area contributed by atoms with E-state index in [4.69, 9.17) is 4.74 Å². The molecule has 4 aliphatic rings. The molecule has 0 bridgehead atoms. The standard InChI is InChI=1S/C39H50F4N4O5/c1-4-25-21-46(22-32(25)31-11-8-28(39(41,42)43)20-34(31)44-16-12-27(13-17-44)36(49)50)37(51)38(40)24-47(29-14-18-45(19-15-29)35(48)5-2)23-33(38)26-6-9-30(52-3)10-7-26/h6-11,20,25,27,29,32-33H,4-5,12-19,21-24H2,1-3H3,(H,49,50)/t25-,32-,33-,38-/m0/s1. The molecule has 0 unspecified atom stereocenters. The van der Waals surface area contributed by atoms with Crippen LogP contribution in [0.4, 0.5) is 23.2 Å².